The van der Waals surface area contributed by atoms with Gasteiger partial charge in [0, 0.05) is 18.0 Å². The number of hydrogen-bond donors (Lipinski definition) is 1. The van der Waals surface area contributed by atoms with Gasteiger partial charge in [0.1, 0.15) is 0 Å². The molecule has 0 unspecified atom stereocenters. The average molecular weight is 353 g/mol. The van der Waals surface area contributed by atoms with Crippen molar-refractivity contribution in [2.24, 2.45) is 0 Å². The molecule has 6 nitrogen and oxygen atoms in total. The summed E-state index contributed by atoms with van der Waals surface area (Å²) in [4.78, 5) is 15.0. The number of hydrogen-bond acceptors (Lipinski definition) is 6. The molecule has 0 saturated carbocycles. The lowest BCUT2D eigenvalue weighted by molar-refractivity contribution is -0.115. The first kappa shape index (κ1) is 16.3. The summed E-state index contributed by atoms with van der Waals surface area (Å²) < 4.78 is 15.9. The molecule has 0 radical (unpaired) electrons. The van der Waals surface area contributed by atoms with Gasteiger partial charge in [0.05, 0.1) is 32.6 Å². The minimum atomic E-state index is -0.180. The van der Waals surface area contributed by atoms with Gasteiger partial charge in [0.25, 0.3) is 0 Å². The molecule has 0 fully saturated rings. The Morgan fingerprint density at radius 2 is 1.88 bits per heavy atom. The Morgan fingerprint density at radius 1 is 1.08 bits per heavy atom. The van der Waals surface area contributed by atoms with E-state index in [2.05, 4.69) is 0 Å². The fourth-order valence-electron chi connectivity index (χ4n) is 3.66. The number of phenolic OH excluding ortho intramolecular Hbond substituents is 1. The second-order valence-electron chi connectivity index (χ2n) is 6.20. The van der Waals surface area contributed by atoms with Crippen LogP contribution in [0.3, 0.4) is 0 Å². The molecule has 0 aromatic heterocycles. The number of ether oxygens (including phenoxy) is 3. The summed E-state index contributed by atoms with van der Waals surface area (Å²) in [5.74, 6) is 1.01. The summed E-state index contributed by atoms with van der Waals surface area (Å²) in [6.07, 6.45) is 6.45. The molecule has 4 rings (SSSR count). The minimum absolute atomic E-state index is 0.0904. The van der Waals surface area contributed by atoms with Crippen LogP contribution in [0.25, 0.3) is 12.3 Å². The minimum Gasteiger partial charge on any atom is -0.504 e. The standard InChI is InChI=1S/C20H19NO5/c1-24-16-9-12-6-7-21-10-13-11(4-5-15(22)19(13)25-2)8-14(21)17(12)18(23)20(16)26-3/h4-5,8-10,22H,6-7H2,1-3H3. The molecular formula is C20H19NO5. The van der Waals surface area contributed by atoms with Crippen molar-refractivity contribution in [3.05, 3.63) is 57.0 Å². The number of phenols is 1. The smallest absolute Gasteiger partial charge is 0.233 e. The first-order valence-electron chi connectivity index (χ1n) is 8.27. The molecule has 0 saturated heterocycles. The van der Waals surface area contributed by atoms with Crippen LogP contribution in [-0.4, -0.2) is 43.7 Å². The van der Waals surface area contributed by atoms with Crippen LogP contribution in [0.1, 0.15) is 6.42 Å². The number of methoxy groups -OCH3 is 3. The highest BCUT2D eigenvalue weighted by molar-refractivity contribution is 6.13. The number of benzene rings is 1. The SMILES string of the molecule is COC1=C(OC)C(=O)C2=C3C=c4ccc(O)c(OC)c4=CN3CCC2=C1. The average Bonchev–Trinajstić information content (AvgIpc) is 2.65. The van der Waals surface area contributed by atoms with Crippen LogP contribution >= 0.6 is 0 Å². The maximum absolute atomic E-state index is 13.0. The van der Waals surface area contributed by atoms with Gasteiger partial charge in [-0.05, 0) is 35.4 Å². The molecule has 134 valence electrons. The molecule has 1 aliphatic carbocycles. The van der Waals surface area contributed by atoms with E-state index in [0.29, 0.717) is 30.0 Å². The Morgan fingerprint density at radius 3 is 2.58 bits per heavy atom. The molecular weight excluding hydrogens is 334 g/mol. The number of fused-ring (bicyclic) bond motifs is 3. The Hall–Kier alpha value is -3.15. The Balaban J connectivity index is 1.97. The number of carbonyl (C=O) groups is 1. The van der Waals surface area contributed by atoms with E-state index in [0.717, 1.165) is 21.7 Å². The number of rotatable bonds is 3. The van der Waals surface area contributed by atoms with Crippen molar-refractivity contribution >= 4 is 18.1 Å². The maximum atomic E-state index is 13.0. The lowest BCUT2D eigenvalue weighted by Crippen LogP contribution is -2.39. The zero-order valence-corrected chi connectivity index (χ0v) is 14.8. The highest BCUT2D eigenvalue weighted by atomic mass is 16.5. The molecule has 0 bridgehead atoms. The molecule has 0 atom stereocenters. The van der Waals surface area contributed by atoms with Crippen molar-refractivity contribution in [2.75, 3.05) is 27.9 Å². The second-order valence-corrected chi connectivity index (χ2v) is 6.20. The van der Waals surface area contributed by atoms with Gasteiger partial charge >= 0.3 is 0 Å². The number of carbonyl (C=O) groups excluding carboxylic acids is 1. The predicted octanol–water partition coefficient (Wildman–Crippen LogP) is 0.906. The van der Waals surface area contributed by atoms with E-state index in [9.17, 15) is 9.90 Å². The number of ketones is 1. The van der Waals surface area contributed by atoms with E-state index in [4.69, 9.17) is 14.2 Å². The van der Waals surface area contributed by atoms with Gasteiger partial charge in [0.2, 0.25) is 11.5 Å². The van der Waals surface area contributed by atoms with Crippen LogP contribution in [0.15, 0.2) is 46.6 Å². The third-order valence-electron chi connectivity index (χ3n) is 4.89. The molecule has 26 heavy (non-hydrogen) atoms. The third kappa shape index (κ3) is 2.22. The van der Waals surface area contributed by atoms with Gasteiger partial charge in [-0.15, -0.1) is 0 Å². The second kappa shape index (κ2) is 5.98. The maximum Gasteiger partial charge on any atom is 0.233 e. The van der Waals surface area contributed by atoms with Crippen LogP contribution in [0.4, 0.5) is 0 Å². The largest absolute Gasteiger partial charge is 0.504 e. The van der Waals surface area contributed by atoms with E-state index < -0.39 is 0 Å². The van der Waals surface area contributed by atoms with Gasteiger partial charge in [0.15, 0.2) is 17.3 Å². The number of allylic oxidation sites excluding steroid dienone is 3. The number of aromatic hydroxyl groups is 1. The number of Topliss-reactive ketones (excluding diaryl/α,β-unsaturated/α-hetero) is 1. The topological polar surface area (TPSA) is 68.2 Å². The molecule has 6 heteroatoms. The van der Waals surface area contributed by atoms with Gasteiger partial charge in [-0.3, -0.25) is 4.79 Å². The zero-order valence-electron chi connectivity index (χ0n) is 14.8. The van der Waals surface area contributed by atoms with Crippen molar-refractivity contribution in [3.8, 4) is 11.5 Å². The van der Waals surface area contributed by atoms with Crippen LogP contribution in [-0.2, 0) is 14.3 Å². The fraction of sp³-hybridized carbons (Fsp3) is 0.250. The summed E-state index contributed by atoms with van der Waals surface area (Å²) in [6.45, 7) is 0.714. The summed E-state index contributed by atoms with van der Waals surface area (Å²) in [7, 11) is 4.53. The van der Waals surface area contributed by atoms with E-state index >= 15 is 0 Å². The Kier molecular flexibility index (Phi) is 3.76. The summed E-state index contributed by atoms with van der Waals surface area (Å²) in [5.41, 5.74) is 2.39. The lowest BCUT2D eigenvalue weighted by Gasteiger charge is -2.34. The predicted molar refractivity (Wildman–Crippen MR) is 95.3 cm³/mol. The van der Waals surface area contributed by atoms with Crippen molar-refractivity contribution in [3.63, 3.8) is 0 Å². The normalized spacial score (nSPS) is 18.2. The zero-order chi connectivity index (χ0) is 18.4. The van der Waals surface area contributed by atoms with Crippen LogP contribution in [0, 0.1) is 0 Å². The highest BCUT2D eigenvalue weighted by Crippen LogP contribution is 2.36. The molecule has 0 amide bonds. The van der Waals surface area contributed by atoms with Crippen molar-refractivity contribution in [1.29, 1.82) is 0 Å². The van der Waals surface area contributed by atoms with E-state index in [1.165, 1.54) is 21.3 Å². The van der Waals surface area contributed by atoms with E-state index in [-0.39, 0.29) is 17.3 Å². The molecule has 3 aliphatic rings. The van der Waals surface area contributed by atoms with Gasteiger partial charge < -0.3 is 24.2 Å². The first-order valence-corrected chi connectivity index (χ1v) is 8.27. The summed E-state index contributed by atoms with van der Waals surface area (Å²) in [5, 5.41) is 11.7. The van der Waals surface area contributed by atoms with Gasteiger partial charge in [-0.2, -0.15) is 0 Å². The van der Waals surface area contributed by atoms with Crippen molar-refractivity contribution in [1.82, 2.24) is 4.90 Å². The lowest BCUT2D eigenvalue weighted by atomic mass is 9.86. The molecule has 1 aromatic rings. The summed E-state index contributed by atoms with van der Waals surface area (Å²) in [6, 6.07) is 3.40. The van der Waals surface area contributed by atoms with Crippen LogP contribution < -0.4 is 15.2 Å². The van der Waals surface area contributed by atoms with Gasteiger partial charge in [-0.1, -0.05) is 6.07 Å². The highest BCUT2D eigenvalue weighted by Gasteiger charge is 2.35. The molecule has 2 heterocycles. The van der Waals surface area contributed by atoms with Crippen molar-refractivity contribution < 1.29 is 24.1 Å². The quantitative estimate of drug-likeness (QED) is 0.871. The Bertz CT molecular complexity index is 1030. The summed E-state index contributed by atoms with van der Waals surface area (Å²) >= 11 is 0. The number of nitrogens with zero attached hydrogens (tertiary/aromatic N) is 1. The van der Waals surface area contributed by atoms with Crippen LogP contribution in [0.2, 0.25) is 0 Å². The fourth-order valence-corrected chi connectivity index (χ4v) is 3.66. The van der Waals surface area contributed by atoms with E-state index in [1.54, 1.807) is 6.07 Å². The third-order valence-corrected chi connectivity index (χ3v) is 4.89. The molecule has 1 N–H and O–H groups in total. The molecule has 0 spiro atoms. The first-order chi connectivity index (χ1) is 12.6. The van der Waals surface area contributed by atoms with Crippen LogP contribution in [0.5, 0.6) is 11.5 Å². The van der Waals surface area contributed by atoms with Gasteiger partial charge in [-0.25, -0.2) is 0 Å². The Labute approximate surface area is 150 Å². The monoisotopic (exact) mass is 353 g/mol. The molecule has 2 aliphatic heterocycles. The molecule has 1 aromatic carbocycles. The van der Waals surface area contributed by atoms with E-state index in [1.807, 2.05) is 29.3 Å². The van der Waals surface area contributed by atoms with Crippen molar-refractivity contribution in [2.45, 2.75) is 6.42 Å².